The third-order valence-electron chi connectivity index (χ3n) is 3.05. The molecule has 0 amide bonds. The predicted octanol–water partition coefficient (Wildman–Crippen LogP) is 0.745. The Bertz CT molecular complexity index is 318. The van der Waals surface area contributed by atoms with Crippen LogP contribution in [0.2, 0.25) is 0 Å². The lowest BCUT2D eigenvalue weighted by Crippen LogP contribution is -2.29. The summed E-state index contributed by atoms with van der Waals surface area (Å²) < 4.78 is 0. The minimum absolute atomic E-state index is 0.431. The predicted molar refractivity (Wildman–Crippen MR) is 59.4 cm³/mol. The van der Waals surface area contributed by atoms with E-state index in [0.717, 1.165) is 18.9 Å². The Kier molecular flexibility index (Phi) is 3.28. The van der Waals surface area contributed by atoms with Crippen molar-refractivity contribution in [2.75, 3.05) is 20.1 Å². The van der Waals surface area contributed by atoms with Crippen LogP contribution >= 0.6 is 0 Å². The molecule has 0 aliphatic carbocycles. The fraction of sp³-hybridized carbons (Fsp3) is 0.636. The summed E-state index contributed by atoms with van der Waals surface area (Å²) in [4.78, 5) is 11.0. The summed E-state index contributed by atoms with van der Waals surface area (Å²) in [6, 6.07) is 2.02. The molecule has 0 saturated carbocycles. The lowest BCUT2D eigenvalue weighted by atomic mass is 9.93. The van der Waals surface area contributed by atoms with E-state index < -0.39 is 0 Å². The Balaban J connectivity index is 2.08. The molecule has 2 rings (SSSR count). The van der Waals surface area contributed by atoms with Crippen LogP contribution in [-0.2, 0) is 6.54 Å². The normalized spacial score (nSPS) is 19.3. The van der Waals surface area contributed by atoms with E-state index in [-0.39, 0.29) is 0 Å². The summed E-state index contributed by atoms with van der Waals surface area (Å²) in [5.41, 5.74) is 6.70. The maximum absolute atomic E-state index is 5.54. The van der Waals surface area contributed by atoms with Crippen molar-refractivity contribution in [2.24, 2.45) is 5.73 Å². The monoisotopic (exact) mass is 206 g/mol. The Morgan fingerprint density at radius 2 is 2.20 bits per heavy atom. The third kappa shape index (κ3) is 2.52. The van der Waals surface area contributed by atoms with Gasteiger partial charge in [0.1, 0.15) is 5.82 Å². The van der Waals surface area contributed by atoms with Crippen LogP contribution < -0.4 is 5.73 Å². The van der Waals surface area contributed by atoms with E-state index in [4.69, 9.17) is 5.73 Å². The summed E-state index contributed by atoms with van der Waals surface area (Å²) in [5.74, 6) is 1.35. The van der Waals surface area contributed by atoms with Gasteiger partial charge in [-0.2, -0.15) is 0 Å². The molecule has 4 nitrogen and oxygen atoms in total. The number of piperidine rings is 1. The van der Waals surface area contributed by atoms with Gasteiger partial charge in [0, 0.05) is 17.8 Å². The number of hydrogen-bond donors (Lipinski definition) is 1. The van der Waals surface area contributed by atoms with Crippen LogP contribution in [0.4, 0.5) is 0 Å². The van der Waals surface area contributed by atoms with Gasteiger partial charge < -0.3 is 10.6 Å². The lowest BCUT2D eigenvalue weighted by molar-refractivity contribution is 0.253. The molecule has 2 heterocycles. The van der Waals surface area contributed by atoms with E-state index in [0.29, 0.717) is 12.5 Å². The molecule has 15 heavy (non-hydrogen) atoms. The SMILES string of the molecule is CN1CCC(c2ccnc(CN)n2)CC1. The number of likely N-dealkylation sites (tertiary alicyclic amines) is 1. The van der Waals surface area contributed by atoms with Gasteiger partial charge in [-0.15, -0.1) is 0 Å². The van der Waals surface area contributed by atoms with Crippen molar-refractivity contribution < 1.29 is 0 Å². The van der Waals surface area contributed by atoms with Gasteiger partial charge in [0.15, 0.2) is 0 Å². The minimum Gasteiger partial charge on any atom is -0.324 e. The van der Waals surface area contributed by atoms with Crippen LogP contribution in [0.5, 0.6) is 0 Å². The van der Waals surface area contributed by atoms with E-state index in [1.165, 1.54) is 18.5 Å². The van der Waals surface area contributed by atoms with Crippen molar-refractivity contribution in [3.05, 3.63) is 23.8 Å². The van der Waals surface area contributed by atoms with E-state index in [9.17, 15) is 0 Å². The van der Waals surface area contributed by atoms with Gasteiger partial charge in [-0.05, 0) is 39.0 Å². The van der Waals surface area contributed by atoms with Crippen LogP contribution in [-0.4, -0.2) is 35.0 Å². The molecule has 0 aromatic carbocycles. The summed E-state index contributed by atoms with van der Waals surface area (Å²) in [6.45, 7) is 2.75. The molecule has 1 aromatic rings. The fourth-order valence-electron chi connectivity index (χ4n) is 2.04. The molecule has 4 heteroatoms. The highest BCUT2D eigenvalue weighted by Gasteiger charge is 2.19. The molecule has 0 atom stereocenters. The van der Waals surface area contributed by atoms with Crippen molar-refractivity contribution in [3.63, 3.8) is 0 Å². The Morgan fingerprint density at radius 3 is 2.87 bits per heavy atom. The van der Waals surface area contributed by atoms with Gasteiger partial charge >= 0.3 is 0 Å². The van der Waals surface area contributed by atoms with Gasteiger partial charge in [-0.3, -0.25) is 0 Å². The summed E-state index contributed by atoms with van der Waals surface area (Å²) >= 11 is 0. The van der Waals surface area contributed by atoms with Crippen LogP contribution in [0.25, 0.3) is 0 Å². The molecule has 0 spiro atoms. The smallest absolute Gasteiger partial charge is 0.142 e. The highest BCUT2D eigenvalue weighted by Crippen LogP contribution is 2.25. The maximum atomic E-state index is 5.54. The highest BCUT2D eigenvalue weighted by atomic mass is 15.1. The Morgan fingerprint density at radius 1 is 1.47 bits per heavy atom. The van der Waals surface area contributed by atoms with Gasteiger partial charge in [-0.25, -0.2) is 9.97 Å². The van der Waals surface area contributed by atoms with E-state index >= 15 is 0 Å². The number of nitrogens with zero attached hydrogens (tertiary/aromatic N) is 3. The number of hydrogen-bond acceptors (Lipinski definition) is 4. The number of nitrogens with two attached hydrogens (primary N) is 1. The quantitative estimate of drug-likeness (QED) is 0.775. The average molecular weight is 206 g/mol. The van der Waals surface area contributed by atoms with E-state index in [2.05, 4.69) is 21.9 Å². The molecule has 2 N–H and O–H groups in total. The number of rotatable bonds is 2. The van der Waals surface area contributed by atoms with Crippen molar-refractivity contribution in [3.8, 4) is 0 Å². The first kappa shape index (κ1) is 10.5. The molecular formula is C11H18N4. The summed E-state index contributed by atoms with van der Waals surface area (Å²) in [7, 11) is 2.17. The van der Waals surface area contributed by atoms with E-state index in [1.54, 1.807) is 0 Å². The molecule has 1 saturated heterocycles. The minimum atomic E-state index is 0.431. The maximum Gasteiger partial charge on any atom is 0.142 e. The second kappa shape index (κ2) is 4.68. The van der Waals surface area contributed by atoms with Gasteiger partial charge in [-0.1, -0.05) is 0 Å². The van der Waals surface area contributed by atoms with Crippen LogP contribution in [0.3, 0.4) is 0 Å². The van der Waals surface area contributed by atoms with Crippen molar-refractivity contribution in [1.29, 1.82) is 0 Å². The first-order chi connectivity index (χ1) is 7.29. The molecule has 1 aromatic heterocycles. The molecular weight excluding hydrogens is 188 g/mol. The average Bonchev–Trinajstić information content (AvgIpc) is 2.30. The van der Waals surface area contributed by atoms with Crippen LogP contribution in [0, 0.1) is 0 Å². The molecule has 1 aliphatic rings. The highest BCUT2D eigenvalue weighted by molar-refractivity contribution is 5.09. The Labute approximate surface area is 90.5 Å². The molecule has 0 bridgehead atoms. The summed E-state index contributed by atoms with van der Waals surface area (Å²) in [5, 5.41) is 0. The van der Waals surface area contributed by atoms with E-state index in [1.807, 2.05) is 12.3 Å². The van der Waals surface area contributed by atoms with Crippen LogP contribution in [0.1, 0.15) is 30.3 Å². The zero-order chi connectivity index (χ0) is 10.7. The zero-order valence-corrected chi connectivity index (χ0v) is 9.19. The van der Waals surface area contributed by atoms with Crippen molar-refractivity contribution in [1.82, 2.24) is 14.9 Å². The number of aromatic nitrogens is 2. The first-order valence-electron chi connectivity index (χ1n) is 5.50. The Hall–Kier alpha value is -1.00. The summed E-state index contributed by atoms with van der Waals surface area (Å²) in [6.07, 6.45) is 4.21. The van der Waals surface area contributed by atoms with Gasteiger partial charge in [0.05, 0.1) is 6.54 Å². The van der Waals surface area contributed by atoms with Crippen LogP contribution in [0.15, 0.2) is 12.3 Å². The van der Waals surface area contributed by atoms with Gasteiger partial charge in [0.25, 0.3) is 0 Å². The second-order valence-corrected chi connectivity index (χ2v) is 4.18. The standard InChI is InChI=1S/C11H18N4/c1-15-6-3-9(4-7-15)10-2-5-13-11(8-12)14-10/h2,5,9H,3-4,6-8,12H2,1H3. The third-order valence-corrected chi connectivity index (χ3v) is 3.05. The zero-order valence-electron chi connectivity index (χ0n) is 9.19. The topological polar surface area (TPSA) is 55.0 Å². The molecule has 1 fully saturated rings. The molecule has 82 valence electrons. The molecule has 0 radical (unpaired) electrons. The van der Waals surface area contributed by atoms with Crippen molar-refractivity contribution in [2.45, 2.75) is 25.3 Å². The first-order valence-corrected chi connectivity index (χ1v) is 5.50. The largest absolute Gasteiger partial charge is 0.324 e. The lowest BCUT2D eigenvalue weighted by Gasteiger charge is -2.28. The fourth-order valence-corrected chi connectivity index (χ4v) is 2.04. The van der Waals surface area contributed by atoms with Gasteiger partial charge in [0.2, 0.25) is 0 Å². The molecule has 0 unspecified atom stereocenters. The second-order valence-electron chi connectivity index (χ2n) is 4.18. The molecule has 1 aliphatic heterocycles. The van der Waals surface area contributed by atoms with Crippen molar-refractivity contribution >= 4 is 0 Å².